The van der Waals surface area contributed by atoms with Crippen molar-refractivity contribution >= 4 is 5.69 Å². The molecule has 1 saturated heterocycles. The molecular weight excluding hydrogens is 278 g/mol. The van der Waals surface area contributed by atoms with Crippen molar-refractivity contribution in [3.63, 3.8) is 0 Å². The van der Waals surface area contributed by atoms with Crippen LogP contribution in [0, 0.1) is 11.3 Å². The number of rotatable bonds is 3. The minimum absolute atomic E-state index is 0.375. The Labute approximate surface area is 128 Å². The molecule has 0 amide bonds. The van der Waals surface area contributed by atoms with Gasteiger partial charge >= 0.3 is 0 Å². The Balaban J connectivity index is 1.73. The molecule has 1 fully saturated rings. The number of nitrogen functional groups attached to an aromatic ring is 1. The zero-order valence-corrected chi connectivity index (χ0v) is 12.2. The average Bonchev–Trinajstić information content (AvgIpc) is 2.56. The third kappa shape index (κ3) is 3.19. The summed E-state index contributed by atoms with van der Waals surface area (Å²) in [5, 5.41) is 12.2. The van der Waals surface area contributed by atoms with E-state index in [2.05, 4.69) is 25.2 Å². The molecule has 1 aliphatic heterocycles. The number of pyridine rings is 1. The van der Waals surface area contributed by atoms with E-state index in [0.29, 0.717) is 16.9 Å². The fourth-order valence-corrected chi connectivity index (χ4v) is 2.36. The summed E-state index contributed by atoms with van der Waals surface area (Å²) in [5.74, 6) is 0.798. The van der Waals surface area contributed by atoms with Gasteiger partial charge in [-0.15, -0.1) is 0 Å². The molecule has 0 atom stereocenters. The lowest BCUT2D eigenvalue weighted by Gasteiger charge is -2.26. The maximum atomic E-state index is 8.87. The minimum Gasteiger partial charge on any atom is -0.398 e. The Morgan fingerprint density at radius 2 is 1.91 bits per heavy atom. The van der Waals surface area contributed by atoms with E-state index in [0.717, 1.165) is 44.1 Å². The Kier molecular flexibility index (Phi) is 4.23. The number of hydrogen-bond donors (Lipinski definition) is 2. The molecule has 0 spiro atoms. The van der Waals surface area contributed by atoms with Crippen LogP contribution in [-0.4, -0.2) is 46.0 Å². The number of nitrogens with zero attached hydrogens (tertiary/aromatic N) is 5. The van der Waals surface area contributed by atoms with E-state index in [1.54, 1.807) is 18.5 Å². The Hall–Kier alpha value is -2.56. The van der Waals surface area contributed by atoms with Crippen LogP contribution in [-0.2, 0) is 6.54 Å². The van der Waals surface area contributed by atoms with Gasteiger partial charge in [0.05, 0.1) is 23.5 Å². The van der Waals surface area contributed by atoms with Crippen LogP contribution in [0.2, 0.25) is 0 Å². The first kappa shape index (κ1) is 14.4. The number of nitrogens with two attached hydrogens (primary N) is 1. The molecule has 7 heteroatoms. The van der Waals surface area contributed by atoms with Crippen LogP contribution < -0.4 is 11.1 Å². The SMILES string of the molecule is N#Cc1cnc(-c2cnc(CN3CCNCC3)nc2)cc1N. The molecular formula is C15H17N7. The van der Waals surface area contributed by atoms with Crippen molar-refractivity contribution in [2.45, 2.75) is 6.54 Å². The number of nitrogens with one attached hydrogen (secondary N) is 1. The highest BCUT2D eigenvalue weighted by molar-refractivity contribution is 5.65. The molecule has 3 heterocycles. The quantitative estimate of drug-likeness (QED) is 0.844. The van der Waals surface area contributed by atoms with Gasteiger partial charge in [-0.05, 0) is 6.07 Å². The van der Waals surface area contributed by atoms with Crippen molar-refractivity contribution < 1.29 is 0 Å². The van der Waals surface area contributed by atoms with E-state index in [1.165, 1.54) is 6.20 Å². The fourth-order valence-electron chi connectivity index (χ4n) is 2.36. The zero-order valence-electron chi connectivity index (χ0n) is 12.2. The summed E-state index contributed by atoms with van der Waals surface area (Å²) in [6.07, 6.45) is 4.97. The first-order chi connectivity index (χ1) is 10.8. The van der Waals surface area contributed by atoms with E-state index in [1.807, 2.05) is 6.07 Å². The summed E-state index contributed by atoms with van der Waals surface area (Å²) in [4.78, 5) is 15.4. The van der Waals surface area contributed by atoms with Crippen molar-refractivity contribution in [1.82, 2.24) is 25.2 Å². The van der Waals surface area contributed by atoms with Crippen LogP contribution in [0.1, 0.15) is 11.4 Å². The lowest BCUT2D eigenvalue weighted by molar-refractivity contribution is 0.228. The Morgan fingerprint density at radius 1 is 1.18 bits per heavy atom. The van der Waals surface area contributed by atoms with Crippen LogP contribution in [0.25, 0.3) is 11.3 Å². The molecule has 0 aromatic carbocycles. The van der Waals surface area contributed by atoms with Gasteiger partial charge in [-0.1, -0.05) is 0 Å². The van der Waals surface area contributed by atoms with Crippen molar-refractivity contribution in [1.29, 1.82) is 5.26 Å². The second-order valence-electron chi connectivity index (χ2n) is 5.18. The van der Waals surface area contributed by atoms with Gasteiger partial charge in [0, 0.05) is 50.3 Å². The highest BCUT2D eigenvalue weighted by Crippen LogP contribution is 2.19. The summed E-state index contributed by atoms with van der Waals surface area (Å²) in [7, 11) is 0. The second kappa shape index (κ2) is 6.47. The molecule has 0 bridgehead atoms. The Bertz CT molecular complexity index is 684. The van der Waals surface area contributed by atoms with Crippen molar-refractivity contribution in [2.75, 3.05) is 31.9 Å². The molecule has 0 aliphatic carbocycles. The van der Waals surface area contributed by atoms with E-state index in [9.17, 15) is 0 Å². The predicted molar refractivity (Wildman–Crippen MR) is 82.5 cm³/mol. The normalized spacial score (nSPS) is 15.4. The van der Waals surface area contributed by atoms with Gasteiger partial charge in [0.25, 0.3) is 0 Å². The first-order valence-corrected chi connectivity index (χ1v) is 7.16. The molecule has 112 valence electrons. The molecule has 2 aromatic rings. The second-order valence-corrected chi connectivity index (χ2v) is 5.18. The number of piperazine rings is 1. The van der Waals surface area contributed by atoms with E-state index < -0.39 is 0 Å². The van der Waals surface area contributed by atoms with Crippen molar-refractivity contribution in [3.8, 4) is 17.3 Å². The van der Waals surface area contributed by atoms with Gasteiger partial charge in [0.2, 0.25) is 0 Å². The largest absolute Gasteiger partial charge is 0.398 e. The monoisotopic (exact) mass is 295 g/mol. The fraction of sp³-hybridized carbons (Fsp3) is 0.333. The summed E-state index contributed by atoms with van der Waals surface area (Å²) in [6, 6.07) is 3.67. The van der Waals surface area contributed by atoms with Crippen LogP contribution in [0.3, 0.4) is 0 Å². The third-order valence-corrected chi connectivity index (χ3v) is 3.63. The predicted octanol–water partition coefficient (Wildman–Crippen LogP) is 0.398. The maximum Gasteiger partial charge on any atom is 0.142 e. The zero-order chi connectivity index (χ0) is 15.4. The van der Waals surface area contributed by atoms with Gasteiger partial charge in [0.1, 0.15) is 11.9 Å². The molecule has 22 heavy (non-hydrogen) atoms. The smallest absolute Gasteiger partial charge is 0.142 e. The van der Waals surface area contributed by atoms with Gasteiger partial charge in [0.15, 0.2) is 0 Å². The molecule has 0 saturated carbocycles. The molecule has 1 aliphatic rings. The standard InChI is InChI=1S/C15H17N7/c16-6-11-7-19-14(5-13(11)17)12-8-20-15(21-9-12)10-22-3-1-18-2-4-22/h5,7-9,18H,1-4,10H2,(H2,17,19). The summed E-state index contributed by atoms with van der Waals surface area (Å²) in [5.41, 5.74) is 8.06. The molecule has 3 N–H and O–H groups in total. The molecule has 3 rings (SSSR count). The lowest BCUT2D eigenvalue weighted by atomic mass is 10.1. The first-order valence-electron chi connectivity index (χ1n) is 7.16. The van der Waals surface area contributed by atoms with E-state index >= 15 is 0 Å². The summed E-state index contributed by atoms with van der Waals surface area (Å²) in [6.45, 7) is 4.79. The van der Waals surface area contributed by atoms with Gasteiger partial charge < -0.3 is 11.1 Å². The number of anilines is 1. The number of hydrogen-bond acceptors (Lipinski definition) is 7. The highest BCUT2D eigenvalue weighted by Gasteiger charge is 2.12. The van der Waals surface area contributed by atoms with Crippen LogP contribution in [0.5, 0.6) is 0 Å². The maximum absolute atomic E-state index is 8.87. The number of nitriles is 1. The molecule has 2 aromatic heterocycles. The van der Waals surface area contributed by atoms with Gasteiger partial charge in [-0.2, -0.15) is 5.26 Å². The van der Waals surface area contributed by atoms with Gasteiger partial charge in [-0.3, -0.25) is 9.88 Å². The summed E-state index contributed by atoms with van der Waals surface area (Å²) >= 11 is 0. The average molecular weight is 295 g/mol. The highest BCUT2D eigenvalue weighted by atomic mass is 15.2. The Morgan fingerprint density at radius 3 is 2.55 bits per heavy atom. The molecule has 7 nitrogen and oxygen atoms in total. The van der Waals surface area contributed by atoms with E-state index in [-0.39, 0.29) is 0 Å². The van der Waals surface area contributed by atoms with Crippen molar-refractivity contribution in [3.05, 3.63) is 36.0 Å². The minimum atomic E-state index is 0.375. The van der Waals surface area contributed by atoms with Crippen LogP contribution in [0.15, 0.2) is 24.7 Å². The van der Waals surface area contributed by atoms with Crippen molar-refractivity contribution in [2.24, 2.45) is 0 Å². The lowest BCUT2D eigenvalue weighted by Crippen LogP contribution is -2.43. The van der Waals surface area contributed by atoms with Crippen LogP contribution in [0.4, 0.5) is 5.69 Å². The number of aromatic nitrogens is 3. The topological polar surface area (TPSA) is 104 Å². The van der Waals surface area contributed by atoms with Crippen LogP contribution >= 0.6 is 0 Å². The van der Waals surface area contributed by atoms with E-state index in [4.69, 9.17) is 11.0 Å². The molecule has 0 unspecified atom stereocenters. The summed E-state index contributed by atoms with van der Waals surface area (Å²) < 4.78 is 0. The third-order valence-electron chi connectivity index (χ3n) is 3.63. The molecule has 0 radical (unpaired) electrons. The van der Waals surface area contributed by atoms with Gasteiger partial charge in [-0.25, -0.2) is 9.97 Å².